The molecular weight excluding hydrogens is 326 g/mol. The molecule has 1 amide bonds. The van der Waals surface area contributed by atoms with Gasteiger partial charge in [0.2, 0.25) is 5.91 Å². The highest BCUT2D eigenvalue weighted by atomic mass is 79.9. The molecule has 1 aliphatic heterocycles. The van der Waals surface area contributed by atoms with Crippen molar-refractivity contribution < 1.29 is 14.7 Å². The molecule has 2 N–H and O–H groups in total. The lowest BCUT2D eigenvalue weighted by Gasteiger charge is -2.33. The van der Waals surface area contributed by atoms with Crippen LogP contribution in [0, 0.1) is 5.92 Å². The van der Waals surface area contributed by atoms with E-state index in [2.05, 4.69) is 26.2 Å². The van der Waals surface area contributed by atoms with Crippen LogP contribution >= 0.6 is 15.9 Å². The molecule has 0 spiro atoms. The number of rotatable bonds is 3. The molecule has 1 aliphatic rings. The van der Waals surface area contributed by atoms with Crippen molar-refractivity contribution in [3.05, 3.63) is 22.3 Å². The largest absolute Gasteiger partial charge is 0.478 e. The topological polar surface area (TPSA) is 82.5 Å². The number of amides is 1. The number of carbonyl (C=O) groups is 2. The van der Waals surface area contributed by atoms with Crippen molar-refractivity contribution in [1.29, 1.82) is 0 Å². The Kier molecular flexibility index (Phi) is 4.59. The van der Waals surface area contributed by atoms with E-state index in [1.807, 2.05) is 4.90 Å². The van der Waals surface area contributed by atoms with E-state index in [0.717, 1.165) is 12.8 Å². The van der Waals surface area contributed by atoms with E-state index >= 15 is 0 Å². The van der Waals surface area contributed by atoms with Crippen LogP contribution in [0.5, 0.6) is 0 Å². The minimum absolute atomic E-state index is 0.0105. The predicted octanol–water partition coefficient (Wildman–Crippen LogP) is 1.50. The Hall–Kier alpha value is -1.63. The third-order valence-electron chi connectivity index (χ3n) is 3.40. The minimum Gasteiger partial charge on any atom is -0.478 e. The fourth-order valence-electron chi connectivity index (χ4n) is 2.43. The highest BCUT2D eigenvalue weighted by molar-refractivity contribution is 9.10. The van der Waals surface area contributed by atoms with Gasteiger partial charge in [0.25, 0.3) is 0 Å². The number of hydrogen-bond donors (Lipinski definition) is 2. The summed E-state index contributed by atoms with van der Waals surface area (Å²) in [5, 5.41) is 11.9. The zero-order valence-corrected chi connectivity index (χ0v) is 12.7. The predicted molar refractivity (Wildman–Crippen MR) is 77.9 cm³/mol. The van der Waals surface area contributed by atoms with Crippen molar-refractivity contribution in [2.24, 2.45) is 5.92 Å². The number of carbonyl (C=O) groups excluding carboxylic acids is 1. The Bertz CT molecular complexity index is 536. The van der Waals surface area contributed by atoms with Crippen LogP contribution in [0.15, 0.2) is 16.7 Å². The Morgan fingerprint density at radius 3 is 2.95 bits per heavy atom. The maximum Gasteiger partial charge on any atom is 0.339 e. The van der Waals surface area contributed by atoms with E-state index in [4.69, 9.17) is 0 Å². The van der Waals surface area contributed by atoms with Crippen LogP contribution in [0.3, 0.4) is 0 Å². The maximum atomic E-state index is 11.7. The standard InChI is InChI=1S/C13H16BrN3O3/c1-15-12(18)8-3-2-4-17(7-8)11-10(13(19)20)5-9(14)6-16-11/h5-6,8H,2-4,7H2,1H3,(H,15,18)(H,19,20). The summed E-state index contributed by atoms with van der Waals surface area (Å²) in [5.41, 5.74) is 0.150. The molecule has 6 nitrogen and oxygen atoms in total. The van der Waals surface area contributed by atoms with Gasteiger partial charge in [0, 0.05) is 30.8 Å². The van der Waals surface area contributed by atoms with E-state index in [0.29, 0.717) is 23.4 Å². The Morgan fingerprint density at radius 1 is 1.55 bits per heavy atom. The molecule has 0 radical (unpaired) electrons. The van der Waals surface area contributed by atoms with Crippen molar-refractivity contribution >= 4 is 33.6 Å². The number of piperidine rings is 1. The molecule has 1 fully saturated rings. The average Bonchev–Trinajstić information content (AvgIpc) is 2.46. The van der Waals surface area contributed by atoms with Crippen LogP contribution in [0.1, 0.15) is 23.2 Å². The van der Waals surface area contributed by atoms with E-state index in [9.17, 15) is 14.7 Å². The zero-order chi connectivity index (χ0) is 14.7. The first-order valence-electron chi connectivity index (χ1n) is 6.38. The lowest BCUT2D eigenvalue weighted by molar-refractivity contribution is -0.124. The average molecular weight is 342 g/mol. The van der Waals surface area contributed by atoms with Crippen molar-refractivity contribution in [2.75, 3.05) is 25.0 Å². The third-order valence-corrected chi connectivity index (χ3v) is 3.84. The summed E-state index contributed by atoms with van der Waals surface area (Å²) in [6, 6.07) is 1.54. The first-order chi connectivity index (χ1) is 9.52. The number of carboxylic acids is 1. The summed E-state index contributed by atoms with van der Waals surface area (Å²) in [7, 11) is 1.61. The lowest BCUT2D eigenvalue weighted by atomic mass is 9.97. The van der Waals surface area contributed by atoms with Gasteiger partial charge < -0.3 is 15.3 Å². The molecule has 2 rings (SSSR count). The summed E-state index contributed by atoms with van der Waals surface area (Å²) in [6.45, 7) is 1.21. The molecule has 0 saturated carbocycles. The molecular formula is C13H16BrN3O3. The molecule has 0 bridgehead atoms. The Morgan fingerprint density at radius 2 is 2.30 bits per heavy atom. The van der Waals surface area contributed by atoms with Gasteiger partial charge in [-0.2, -0.15) is 0 Å². The second-order valence-electron chi connectivity index (χ2n) is 4.73. The monoisotopic (exact) mass is 341 g/mol. The van der Waals surface area contributed by atoms with Crippen molar-refractivity contribution in [1.82, 2.24) is 10.3 Å². The smallest absolute Gasteiger partial charge is 0.339 e. The van der Waals surface area contributed by atoms with E-state index in [1.165, 1.54) is 6.07 Å². The molecule has 1 aromatic heterocycles. The zero-order valence-electron chi connectivity index (χ0n) is 11.1. The molecule has 7 heteroatoms. The SMILES string of the molecule is CNC(=O)C1CCCN(c2ncc(Br)cc2C(=O)O)C1. The lowest BCUT2D eigenvalue weighted by Crippen LogP contribution is -2.43. The van der Waals surface area contributed by atoms with Crippen LogP contribution < -0.4 is 10.2 Å². The first-order valence-corrected chi connectivity index (χ1v) is 7.17. The fourth-order valence-corrected chi connectivity index (χ4v) is 2.76. The minimum atomic E-state index is -1.02. The Balaban J connectivity index is 2.27. The number of halogens is 1. The fraction of sp³-hybridized carbons (Fsp3) is 0.462. The molecule has 108 valence electrons. The highest BCUT2D eigenvalue weighted by Crippen LogP contribution is 2.26. The van der Waals surface area contributed by atoms with Gasteiger partial charge in [-0.15, -0.1) is 0 Å². The molecule has 1 atom stereocenters. The van der Waals surface area contributed by atoms with Gasteiger partial charge in [-0.25, -0.2) is 9.78 Å². The molecule has 1 saturated heterocycles. The molecule has 1 aromatic rings. The van der Waals surface area contributed by atoms with E-state index in [-0.39, 0.29) is 17.4 Å². The van der Waals surface area contributed by atoms with Crippen LogP contribution in [0.2, 0.25) is 0 Å². The van der Waals surface area contributed by atoms with Crippen LogP contribution in [0.25, 0.3) is 0 Å². The number of aromatic carboxylic acids is 1. The van der Waals surface area contributed by atoms with E-state index < -0.39 is 5.97 Å². The normalized spacial score (nSPS) is 18.7. The van der Waals surface area contributed by atoms with Gasteiger partial charge in [-0.1, -0.05) is 0 Å². The van der Waals surface area contributed by atoms with Gasteiger partial charge in [0.15, 0.2) is 0 Å². The van der Waals surface area contributed by atoms with Gasteiger partial charge in [-0.05, 0) is 34.8 Å². The molecule has 0 aliphatic carbocycles. The summed E-state index contributed by atoms with van der Waals surface area (Å²) < 4.78 is 0.624. The first kappa shape index (κ1) is 14.8. The van der Waals surface area contributed by atoms with Gasteiger partial charge in [-0.3, -0.25) is 4.79 Å². The summed E-state index contributed by atoms with van der Waals surface area (Å²) in [5.74, 6) is -0.727. The Labute approximate surface area is 125 Å². The molecule has 2 heterocycles. The van der Waals surface area contributed by atoms with Gasteiger partial charge in [0.05, 0.1) is 5.92 Å². The number of hydrogen-bond acceptors (Lipinski definition) is 4. The van der Waals surface area contributed by atoms with Crippen molar-refractivity contribution in [3.63, 3.8) is 0 Å². The summed E-state index contributed by atoms with van der Waals surface area (Å²) >= 11 is 3.23. The van der Waals surface area contributed by atoms with Crippen LogP contribution in [-0.2, 0) is 4.79 Å². The van der Waals surface area contributed by atoms with Crippen LogP contribution in [0.4, 0.5) is 5.82 Å². The van der Waals surface area contributed by atoms with Crippen molar-refractivity contribution in [2.45, 2.75) is 12.8 Å². The van der Waals surface area contributed by atoms with Crippen LogP contribution in [-0.4, -0.2) is 42.1 Å². The summed E-state index contributed by atoms with van der Waals surface area (Å²) in [6.07, 6.45) is 3.23. The summed E-state index contributed by atoms with van der Waals surface area (Å²) in [4.78, 5) is 29.1. The third kappa shape index (κ3) is 3.09. The van der Waals surface area contributed by atoms with Crippen molar-refractivity contribution in [3.8, 4) is 0 Å². The maximum absolute atomic E-state index is 11.7. The van der Waals surface area contributed by atoms with Gasteiger partial charge in [0.1, 0.15) is 11.4 Å². The molecule has 1 unspecified atom stereocenters. The second-order valence-corrected chi connectivity index (χ2v) is 5.64. The number of nitrogens with one attached hydrogen (secondary N) is 1. The number of aromatic nitrogens is 1. The van der Waals surface area contributed by atoms with Gasteiger partial charge >= 0.3 is 5.97 Å². The number of anilines is 1. The number of carboxylic acid groups (broad SMARTS) is 1. The molecule has 0 aromatic carbocycles. The quantitative estimate of drug-likeness (QED) is 0.870. The number of nitrogens with zero attached hydrogens (tertiary/aromatic N) is 2. The highest BCUT2D eigenvalue weighted by Gasteiger charge is 2.28. The second kappa shape index (κ2) is 6.21. The molecule has 20 heavy (non-hydrogen) atoms. The van der Waals surface area contributed by atoms with E-state index in [1.54, 1.807) is 13.2 Å². The number of pyridine rings is 1.